The third kappa shape index (κ3) is 3.59. The van der Waals surface area contributed by atoms with E-state index in [0.717, 1.165) is 0 Å². The molecule has 0 aliphatic carbocycles. The van der Waals surface area contributed by atoms with Crippen molar-refractivity contribution in [1.29, 1.82) is 0 Å². The first-order valence-electron chi connectivity index (χ1n) is 6.85. The Balaban J connectivity index is 2.30. The van der Waals surface area contributed by atoms with E-state index >= 15 is 0 Å². The first-order valence-corrected chi connectivity index (χ1v) is 6.85. The Morgan fingerprint density at radius 1 is 1.38 bits per heavy atom. The molecule has 2 amide bonds. The number of nitrogens with two attached hydrogens (primary N) is 1. The van der Waals surface area contributed by atoms with E-state index in [1.807, 2.05) is 0 Å². The summed E-state index contributed by atoms with van der Waals surface area (Å²) in [7, 11) is 0. The van der Waals surface area contributed by atoms with Gasteiger partial charge in [0.1, 0.15) is 5.75 Å². The maximum absolute atomic E-state index is 12.2. The molecule has 0 bridgehead atoms. The maximum atomic E-state index is 12.2. The molecule has 6 nitrogen and oxygen atoms in total. The lowest BCUT2D eigenvalue weighted by Gasteiger charge is -2.22. The molecule has 2 rings (SSSR count). The number of fused-ring (bicyclic) bond motifs is 1. The van der Waals surface area contributed by atoms with Gasteiger partial charge in [-0.25, -0.2) is 0 Å². The van der Waals surface area contributed by atoms with Gasteiger partial charge in [0.25, 0.3) is 0 Å². The van der Waals surface area contributed by atoms with Gasteiger partial charge in [-0.1, -0.05) is 0 Å². The van der Waals surface area contributed by atoms with Gasteiger partial charge in [-0.15, -0.1) is 0 Å². The molecule has 21 heavy (non-hydrogen) atoms. The minimum atomic E-state index is -0.397. The van der Waals surface area contributed by atoms with Crippen molar-refractivity contribution < 1.29 is 19.1 Å². The second-order valence-electron chi connectivity index (χ2n) is 4.95. The van der Waals surface area contributed by atoms with Crippen LogP contribution in [-0.4, -0.2) is 30.7 Å². The molecular formula is C15H18N2O4. The fraction of sp³-hybridized carbons (Fsp3) is 0.400. The van der Waals surface area contributed by atoms with Crippen LogP contribution in [0.4, 0.5) is 5.69 Å². The van der Waals surface area contributed by atoms with Crippen molar-refractivity contribution in [1.82, 2.24) is 0 Å². The second-order valence-corrected chi connectivity index (χ2v) is 4.95. The van der Waals surface area contributed by atoms with Crippen LogP contribution in [-0.2, 0) is 9.59 Å². The molecule has 0 radical (unpaired) electrons. The zero-order valence-corrected chi connectivity index (χ0v) is 11.9. The summed E-state index contributed by atoms with van der Waals surface area (Å²) in [4.78, 5) is 36.1. The van der Waals surface area contributed by atoms with Crippen LogP contribution in [0, 0.1) is 0 Å². The number of amides is 2. The number of Topliss-reactive ketones (excluding diaryl/α,β-unsaturated/α-hetero) is 1. The average molecular weight is 290 g/mol. The van der Waals surface area contributed by atoms with Crippen molar-refractivity contribution in [2.24, 2.45) is 5.73 Å². The molecule has 6 heteroatoms. The third-order valence-electron chi connectivity index (χ3n) is 3.34. The van der Waals surface area contributed by atoms with E-state index in [4.69, 9.17) is 10.5 Å². The summed E-state index contributed by atoms with van der Waals surface area (Å²) in [5.41, 5.74) is 6.22. The lowest BCUT2D eigenvalue weighted by molar-refractivity contribution is -0.120. The number of ketones is 1. The van der Waals surface area contributed by atoms with E-state index in [9.17, 15) is 14.4 Å². The minimum absolute atomic E-state index is 0.0772. The van der Waals surface area contributed by atoms with Gasteiger partial charge in [0.2, 0.25) is 11.8 Å². The van der Waals surface area contributed by atoms with Crippen LogP contribution in [0.25, 0.3) is 0 Å². The van der Waals surface area contributed by atoms with Gasteiger partial charge >= 0.3 is 0 Å². The van der Waals surface area contributed by atoms with Crippen LogP contribution in [0.15, 0.2) is 18.2 Å². The molecular weight excluding hydrogens is 272 g/mol. The van der Waals surface area contributed by atoms with E-state index in [1.54, 1.807) is 23.1 Å². The SMILES string of the molecule is CC(=O)c1ccc2c(c1)N(CCCC(N)=O)C(=O)CCO2. The topological polar surface area (TPSA) is 89.7 Å². The molecule has 0 aromatic heterocycles. The first-order chi connectivity index (χ1) is 9.99. The van der Waals surface area contributed by atoms with Crippen LogP contribution in [0.2, 0.25) is 0 Å². The Bertz CT molecular complexity index is 583. The molecule has 1 aromatic carbocycles. The number of rotatable bonds is 5. The van der Waals surface area contributed by atoms with Gasteiger partial charge < -0.3 is 15.4 Å². The largest absolute Gasteiger partial charge is 0.491 e. The molecule has 0 atom stereocenters. The Hall–Kier alpha value is -2.37. The van der Waals surface area contributed by atoms with E-state index in [1.165, 1.54) is 6.92 Å². The molecule has 112 valence electrons. The van der Waals surface area contributed by atoms with Crippen molar-refractivity contribution >= 4 is 23.3 Å². The van der Waals surface area contributed by atoms with E-state index in [-0.39, 0.29) is 24.5 Å². The number of carbonyl (C=O) groups excluding carboxylic acids is 3. The number of hydrogen-bond donors (Lipinski definition) is 1. The Morgan fingerprint density at radius 3 is 2.81 bits per heavy atom. The van der Waals surface area contributed by atoms with E-state index in [0.29, 0.717) is 36.6 Å². The highest BCUT2D eigenvalue weighted by Gasteiger charge is 2.23. The molecule has 0 saturated heterocycles. The van der Waals surface area contributed by atoms with Crippen molar-refractivity contribution in [3.05, 3.63) is 23.8 Å². The lowest BCUT2D eigenvalue weighted by atomic mass is 10.1. The number of carbonyl (C=O) groups is 3. The van der Waals surface area contributed by atoms with Gasteiger partial charge in [0.05, 0.1) is 18.7 Å². The average Bonchev–Trinajstić information content (AvgIpc) is 2.57. The second kappa shape index (κ2) is 6.39. The van der Waals surface area contributed by atoms with Gasteiger partial charge in [-0.3, -0.25) is 14.4 Å². The van der Waals surface area contributed by atoms with Crippen molar-refractivity contribution in [2.45, 2.75) is 26.2 Å². The molecule has 1 aliphatic heterocycles. The predicted molar refractivity (Wildman–Crippen MR) is 77.3 cm³/mol. The predicted octanol–water partition coefficient (Wildman–Crippen LogP) is 1.27. The summed E-state index contributed by atoms with van der Waals surface area (Å²) in [6.07, 6.45) is 0.956. The maximum Gasteiger partial charge on any atom is 0.230 e. The summed E-state index contributed by atoms with van der Waals surface area (Å²) < 4.78 is 5.55. The number of hydrogen-bond acceptors (Lipinski definition) is 4. The summed E-state index contributed by atoms with van der Waals surface area (Å²) >= 11 is 0. The zero-order chi connectivity index (χ0) is 15.4. The number of anilines is 1. The molecule has 1 heterocycles. The van der Waals surface area contributed by atoms with Crippen LogP contribution in [0.1, 0.15) is 36.5 Å². The van der Waals surface area contributed by atoms with Crippen molar-refractivity contribution in [3.63, 3.8) is 0 Å². The Labute approximate surface area is 122 Å². The number of benzene rings is 1. The highest BCUT2D eigenvalue weighted by atomic mass is 16.5. The van der Waals surface area contributed by atoms with Crippen LogP contribution in [0.3, 0.4) is 0 Å². The monoisotopic (exact) mass is 290 g/mol. The molecule has 1 aromatic rings. The summed E-state index contributed by atoms with van der Waals surface area (Å²) in [5.74, 6) is 0.0154. The molecule has 2 N–H and O–H groups in total. The molecule has 0 unspecified atom stereocenters. The summed E-state index contributed by atoms with van der Waals surface area (Å²) in [6, 6.07) is 5.04. The highest BCUT2D eigenvalue weighted by Crippen LogP contribution is 2.32. The lowest BCUT2D eigenvalue weighted by Crippen LogP contribution is -2.32. The highest BCUT2D eigenvalue weighted by molar-refractivity contribution is 5.99. The number of nitrogens with zero attached hydrogens (tertiary/aromatic N) is 1. The van der Waals surface area contributed by atoms with Gasteiger partial charge in [-0.2, -0.15) is 0 Å². The van der Waals surface area contributed by atoms with Crippen molar-refractivity contribution in [3.8, 4) is 5.75 Å². The fourth-order valence-corrected chi connectivity index (χ4v) is 2.24. The zero-order valence-electron chi connectivity index (χ0n) is 11.9. The number of primary amides is 1. The summed E-state index contributed by atoms with van der Waals surface area (Å²) in [6.45, 7) is 2.15. The normalized spacial score (nSPS) is 14.1. The van der Waals surface area contributed by atoms with Gasteiger partial charge in [-0.05, 0) is 31.5 Å². The van der Waals surface area contributed by atoms with Crippen LogP contribution < -0.4 is 15.4 Å². The smallest absolute Gasteiger partial charge is 0.230 e. The summed E-state index contributed by atoms with van der Waals surface area (Å²) in [5, 5.41) is 0. The number of ether oxygens (including phenoxy) is 1. The third-order valence-corrected chi connectivity index (χ3v) is 3.34. The van der Waals surface area contributed by atoms with Crippen LogP contribution >= 0.6 is 0 Å². The standard InChI is InChI=1S/C15H18N2O4/c1-10(18)11-4-5-13-12(9-11)17(7-2-3-14(16)19)15(20)6-8-21-13/h4-5,9H,2-3,6-8H2,1H3,(H2,16,19). The Kier molecular flexibility index (Phi) is 4.57. The molecule has 0 saturated carbocycles. The van der Waals surface area contributed by atoms with Crippen LogP contribution in [0.5, 0.6) is 5.75 Å². The quantitative estimate of drug-likeness (QED) is 0.827. The van der Waals surface area contributed by atoms with Crippen molar-refractivity contribution in [2.75, 3.05) is 18.1 Å². The minimum Gasteiger partial charge on any atom is -0.491 e. The van der Waals surface area contributed by atoms with Gasteiger partial charge in [0, 0.05) is 18.5 Å². The first kappa shape index (κ1) is 15.0. The molecule has 0 spiro atoms. The van der Waals surface area contributed by atoms with E-state index in [2.05, 4.69) is 0 Å². The molecule has 1 aliphatic rings. The fourth-order valence-electron chi connectivity index (χ4n) is 2.24. The van der Waals surface area contributed by atoms with E-state index < -0.39 is 5.91 Å². The van der Waals surface area contributed by atoms with Gasteiger partial charge in [0.15, 0.2) is 5.78 Å². The Morgan fingerprint density at radius 2 is 2.14 bits per heavy atom. The molecule has 0 fully saturated rings.